The molecule has 0 unspecified atom stereocenters. The summed E-state index contributed by atoms with van der Waals surface area (Å²) < 4.78 is 30.4. The van der Waals surface area contributed by atoms with Crippen molar-refractivity contribution < 1.29 is 28.2 Å². The van der Waals surface area contributed by atoms with E-state index in [4.69, 9.17) is 14.2 Å². The molecule has 2 aromatic carbocycles. The fourth-order valence-corrected chi connectivity index (χ4v) is 3.45. The van der Waals surface area contributed by atoms with Crippen molar-refractivity contribution in [1.29, 1.82) is 5.26 Å². The van der Waals surface area contributed by atoms with Gasteiger partial charge in [0.15, 0.2) is 11.5 Å². The molecule has 0 saturated carbocycles. The first-order valence-corrected chi connectivity index (χ1v) is 10.7. The van der Waals surface area contributed by atoms with E-state index in [1.165, 1.54) is 13.2 Å². The molecule has 0 radical (unpaired) electrons. The lowest BCUT2D eigenvalue weighted by atomic mass is 9.93. The number of nitrogens with zero attached hydrogens (tertiary/aromatic N) is 2. The zero-order valence-corrected chi connectivity index (χ0v) is 19.3. The van der Waals surface area contributed by atoms with Crippen LogP contribution < -0.4 is 9.47 Å². The van der Waals surface area contributed by atoms with Crippen LogP contribution in [-0.2, 0) is 20.9 Å². The summed E-state index contributed by atoms with van der Waals surface area (Å²) >= 11 is 0. The van der Waals surface area contributed by atoms with Gasteiger partial charge in [-0.05, 0) is 49.3 Å². The first-order valence-electron chi connectivity index (χ1n) is 10.7. The maximum Gasteiger partial charge on any atom is 0.271 e. The summed E-state index contributed by atoms with van der Waals surface area (Å²) in [4.78, 5) is 26.6. The molecule has 1 aliphatic heterocycles. The lowest BCUT2D eigenvalue weighted by Crippen LogP contribution is -2.44. The molecule has 0 bridgehead atoms. The van der Waals surface area contributed by atoms with Crippen molar-refractivity contribution in [2.45, 2.75) is 20.5 Å². The third-order valence-corrected chi connectivity index (χ3v) is 5.26. The number of benzene rings is 2. The van der Waals surface area contributed by atoms with Crippen LogP contribution in [0.25, 0.3) is 6.08 Å². The molecule has 2 amide bonds. The Bertz CT molecular complexity index is 1200. The fraction of sp³-hybridized carbons (Fsp3) is 0.269. The number of imide groups is 1. The van der Waals surface area contributed by atoms with E-state index in [2.05, 4.69) is 0 Å². The minimum atomic E-state index is -0.633. The Morgan fingerprint density at radius 2 is 1.85 bits per heavy atom. The van der Waals surface area contributed by atoms with E-state index < -0.39 is 11.8 Å². The topological polar surface area (TPSA) is 88.9 Å². The Labute approximate surface area is 197 Å². The lowest BCUT2D eigenvalue weighted by molar-refractivity contribution is -0.141. The van der Waals surface area contributed by atoms with Crippen LogP contribution in [0.1, 0.15) is 25.0 Å². The number of hydrogen-bond donors (Lipinski definition) is 0. The first-order chi connectivity index (χ1) is 16.4. The van der Waals surface area contributed by atoms with E-state index in [9.17, 15) is 19.2 Å². The van der Waals surface area contributed by atoms with Crippen molar-refractivity contribution in [2.75, 3.05) is 26.9 Å². The molecule has 7 nitrogen and oxygen atoms in total. The van der Waals surface area contributed by atoms with Crippen LogP contribution in [-0.4, -0.2) is 43.6 Å². The number of halogens is 1. The molecule has 176 valence electrons. The molecule has 0 fully saturated rings. The van der Waals surface area contributed by atoms with Crippen molar-refractivity contribution in [1.82, 2.24) is 4.90 Å². The summed E-state index contributed by atoms with van der Waals surface area (Å²) in [6.45, 7) is 3.98. The predicted octanol–water partition coefficient (Wildman–Crippen LogP) is 4.04. The molecule has 0 atom stereocenters. The van der Waals surface area contributed by atoms with Crippen LogP contribution in [0.2, 0.25) is 0 Å². The Kier molecular flexibility index (Phi) is 8.17. The molecular weight excluding hydrogens is 439 g/mol. The van der Waals surface area contributed by atoms with E-state index >= 15 is 0 Å². The van der Waals surface area contributed by atoms with Crippen LogP contribution in [0.5, 0.6) is 11.5 Å². The van der Waals surface area contributed by atoms with Gasteiger partial charge in [0.05, 0.1) is 19.8 Å². The largest absolute Gasteiger partial charge is 0.490 e. The average Bonchev–Trinajstić information content (AvgIpc) is 2.83. The highest BCUT2D eigenvalue weighted by atomic mass is 19.1. The molecule has 3 rings (SSSR count). The van der Waals surface area contributed by atoms with Crippen LogP contribution >= 0.6 is 0 Å². The molecule has 34 heavy (non-hydrogen) atoms. The smallest absolute Gasteiger partial charge is 0.271 e. The van der Waals surface area contributed by atoms with Gasteiger partial charge in [0, 0.05) is 18.2 Å². The van der Waals surface area contributed by atoms with Gasteiger partial charge in [-0.3, -0.25) is 14.5 Å². The number of carbonyl (C=O) groups is 2. The summed E-state index contributed by atoms with van der Waals surface area (Å²) in [6.07, 6.45) is 1.60. The molecular formula is C26H25FN2O5. The van der Waals surface area contributed by atoms with E-state index in [1.807, 2.05) is 13.0 Å². The molecule has 1 heterocycles. The molecule has 2 aromatic rings. The van der Waals surface area contributed by atoms with Crippen molar-refractivity contribution in [3.8, 4) is 17.6 Å². The Hall–Kier alpha value is -3.96. The Balaban J connectivity index is 1.94. The average molecular weight is 464 g/mol. The molecule has 1 aliphatic rings. The number of nitriles is 1. The first kappa shape index (κ1) is 24.7. The second-order valence-electron chi connectivity index (χ2n) is 7.44. The predicted molar refractivity (Wildman–Crippen MR) is 123 cm³/mol. The highest BCUT2D eigenvalue weighted by Gasteiger charge is 2.35. The van der Waals surface area contributed by atoms with E-state index in [0.29, 0.717) is 34.8 Å². The monoisotopic (exact) mass is 464 g/mol. The standard InChI is InChI=1S/C26H25FN2O5/c1-4-33-24-14-18(9-10-23(24)34-16-19-7-5-6-8-22(19)27)13-20-17(2)21(15-28)26(31)29(25(20)30)11-12-32-3/h5-10,13-14H,4,11-12,16H2,1-3H3/b20-13+. The second-order valence-corrected chi connectivity index (χ2v) is 7.44. The van der Waals surface area contributed by atoms with Gasteiger partial charge in [0.2, 0.25) is 0 Å². The quantitative estimate of drug-likeness (QED) is 0.411. The van der Waals surface area contributed by atoms with Gasteiger partial charge in [-0.25, -0.2) is 4.39 Å². The Morgan fingerprint density at radius 1 is 1.09 bits per heavy atom. The lowest BCUT2D eigenvalue weighted by Gasteiger charge is -2.27. The number of methoxy groups -OCH3 is 1. The third kappa shape index (κ3) is 5.33. The number of amides is 2. The zero-order valence-electron chi connectivity index (χ0n) is 19.3. The minimum absolute atomic E-state index is 0.0234. The summed E-state index contributed by atoms with van der Waals surface area (Å²) in [5, 5.41) is 9.48. The summed E-state index contributed by atoms with van der Waals surface area (Å²) in [6, 6.07) is 13.3. The fourth-order valence-electron chi connectivity index (χ4n) is 3.45. The number of hydrogen-bond acceptors (Lipinski definition) is 6. The van der Waals surface area contributed by atoms with Gasteiger partial charge in [-0.1, -0.05) is 24.3 Å². The van der Waals surface area contributed by atoms with Gasteiger partial charge in [0.1, 0.15) is 24.1 Å². The van der Waals surface area contributed by atoms with E-state index in [-0.39, 0.29) is 36.7 Å². The van der Waals surface area contributed by atoms with E-state index in [1.54, 1.807) is 49.4 Å². The maximum atomic E-state index is 13.9. The molecule has 0 spiro atoms. The summed E-state index contributed by atoms with van der Waals surface area (Å²) in [5.74, 6) is -0.654. The molecule has 0 aromatic heterocycles. The highest BCUT2D eigenvalue weighted by Crippen LogP contribution is 2.32. The number of rotatable bonds is 9. The summed E-state index contributed by atoms with van der Waals surface area (Å²) in [7, 11) is 1.47. The van der Waals surface area contributed by atoms with Crippen molar-refractivity contribution in [3.63, 3.8) is 0 Å². The highest BCUT2D eigenvalue weighted by molar-refractivity contribution is 6.19. The molecule has 0 aliphatic carbocycles. The van der Waals surface area contributed by atoms with Gasteiger partial charge in [-0.2, -0.15) is 5.26 Å². The maximum absolute atomic E-state index is 13.9. The molecule has 8 heteroatoms. The van der Waals surface area contributed by atoms with Crippen LogP contribution in [0, 0.1) is 17.1 Å². The third-order valence-electron chi connectivity index (χ3n) is 5.26. The van der Waals surface area contributed by atoms with Crippen molar-refractivity contribution >= 4 is 17.9 Å². The van der Waals surface area contributed by atoms with Crippen LogP contribution in [0.3, 0.4) is 0 Å². The molecule has 0 N–H and O–H groups in total. The number of carbonyl (C=O) groups excluding carboxylic acids is 2. The van der Waals surface area contributed by atoms with Crippen LogP contribution in [0.15, 0.2) is 59.2 Å². The SMILES string of the molecule is CCOc1cc(/C=C2/C(=O)N(CCOC)C(=O)C(C#N)=C2C)ccc1OCc1ccccc1F. The van der Waals surface area contributed by atoms with Gasteiger partial charge >= 0.3 is 0 Å². The van der Waals surface area contributed by atoms with Crippen molar-refractivity contribution in [3.05, 3.63) is 76.1 Å². The van der Waals surface area contributed by atoms with Crippen LogP contribution in [0.4, 0.5) is 4.39 Å². The minimum Gasteiger partial charge on any atom is -0.490 e. The number of ether oxygens (including phenoxy) is 3. The van der Waals surface area contributed by atoms with E-state index in [0.717, 1.165) is 4.90 Å². The summed E-state index contributed by atoms with van der Waals surface area (Å²) in [5.41, 5.74) is 1.48. The normalized spacial score (nSPS) is 15.0. The molecule has 0 saturated heterocycles. The van der Waals surface area contributed by atoms with Crippen molar-refractivity contribution in [2.24, 2.45) is 0 Å². The van der Waals surface area contributed by atoms with Gasteiger partial charge in [-0.15, -0.1) is 0 Å². The van der Waals surface area contributed by atoms with Gasteiger partial charge in [0.25, 0.3) is 11.8 Å². The Morgan fingerprint density at radius 3 is 2.53 bits per heavy atom. The van der Waals surface area contributed by atoms with Gasteiger partial charge < -0.3 is 14.2 Å². The zero-order chi connectivity index (χ0) is 24.7. The second kappa shape index (κ2) is 11.3.